The molecule has 0 saturated carbocycles. The van der Waals surface area contributed by atoms with Gasteiger partial charge < -0.3 is 15.5 Å². The van der Waals surface area contributed by atoms with Gasteiger partial charge in [-0.05, 0) is 34.6 Å². The highest BCUT2D eigenvalue weighted by Gasteiger charge is 2.70. The van der Waals surface area contributed by atoms with Crippen molar-refractivity contribution in [1.82, 2.24) is 5.06 Å². The number of fused-ring (bicyclic) bond motifs is 1. The summed E-state index contributed by atoms with van der Waals surface area (Å²) in [4.78, 5) is 0. The predicted molar refractivity (Wildman–Crippen MR) is 52.9 cm³/mol. The first kappa shape index (κ1) is 10.4. The summed E-state index contributed by atoms with van der Waals surface area (Å²) in [5.74, 6) is 0.301. The summed E-state index contributed by atoms with van der Waals surface area (Å²) in [7, 11) is 0. The lowest BCUT2D eigenvalue weighted by Gasteiger charge is -2.54. The standard InChI is InChI=1S/C10H20N2O2/c1-6-7-8(11(6)13)10(4,5)12(14)9(7,2)3/h6-8,11,14H,1-5H3. The number of hydrogen-bond acceptors (Lipinski definition) is 3. The molecule has 4 unspecified atom stereocenters. The number of hydroxylamine groups is 4. The van der Waals surface area contributed by atoms with Crippen LogP contribution in [0.25, 0.3) is 0 Å². The summed E-state index contributed by atoms with van der Waals surface area (Å²) in [6, 6.07) is 0.115. The van der Waals surface area contributed by atoms with Gasteiger partial charge in [-0.1, -0.05) is 0 Å². The van der Waals surface area contributed by atoms with Crippen LogP contribution in [-0.4, -0.2) is 33.4 Å². The number of rotatable bonds is 0. The van der Waals surface area contributed by atoms with Crippen LogP contribution < -0.4 is 5.06 Å². The van der Waals surface area contributed by atoms with Gasteiger partial charge in [-0.25, -0.2) is 0 Å². The van der Waals surface area contributed by atoms with Crippen LogP contribution in [0, 0.1) is 11.1 Å². The van der Waals surface area contributed by atoms with Crippen molar-refractivity contribution in [2.24, 2.45) is 5.92 Å². The summed E-state index contributed by atoms with van der Waals surface area (Å²) in [6.45, 7) is 9.90. The Balaban J connectivity index is 2.39. The Bertz CT molecular complexity index is 239. The molecule has 4 nitrogen and oxygen atoms in total. The van der Waals surface area contributed by atoms with Crippen LogP contribution in [0.5, 0.6) is 0 Å². The minimum atomic E-state index is -0.405. The normalized spacial score (nSPS) is 49.9. The Morgan fingerprint density at radius 3 is 2.14 bits per heavy atom. The van der Waals surface area contributed by atoms with E-state index in [9.17, 15) is 10.4 Å². The monoisotopic (exact) mass is 200 g/mol. The smallest absolute Gasteiger partial charge is 0.118 e. The van der Waals surface area contributed by atoms with Crippen molar-refractivity contribution >= 4 is 0 Å². The molecule has 2 fully saturated rings. The Hall–Kier alpha value is -0.160. The van der Waals surface area contributed by atoms with Gasteiger partial charge in [0.2, 0.25) is 0 Å². The van der Waals surface area contributed by atoms with Crippen LogP contribution in [0.2, 0.25) is 0 Å². The topological polar surface area (TPSA) is 51.0 Å². The first-order chi connectivity index (χ1) is 6.22. The average molecular weight is 200 g/mol. The van der Waals surface area contributed by atoms with Crippen LogP contribution in [0.3, 0.4) is 0 Å². The summed E-state index contributed by atoms with van der Waals surface area (Å²) in [5, 5.41) is 23.5. The molecule has 14 heavy (non-hydrogen) atoms. The van der Waals surface area contributed by atoms with Gasteiger partial charge in [0.05, 0.1) is 23.0 Å². The lowest BCUT2D eigenvalue weighted by atomic mass is 9.71. The second-order valence-corrected chi connectivity index (χ2v) is 5.81. The van der Waals surface area contributed by atoms with Crippen molar-refractivity contribution in [3.63, 3.8) is 0 Å². The zero-order valence-corrected chi connectivity index (χ0v) is 9.53. The summed E-state index contributed by atoms with van der Waals surface area (Å²) < 4.78 is 0. The Morgan fingerprint density at radius 2 is 1.71 bits per heavy atom. The molecule has 4 heteroatoms. The fourth-order valence-electron chi connectivity index (χ4n) is 3.63. The lowest BCUT2D eigenvalue weighted by Crippen LogP contribution is -3.26. The van der Waals surface area contributed by atoms with Gasteiger partial charge in [-0.2, -0.15) is 5.06 Å². The second kappa shape index (κ2) is 2.50. The van der Waals surface area contributed by atoms with Crippen molar-refractivity contribution in [3.8, 4) is 0 Å². The molecular formula is C10H20N2O2. The van der Waals surface area contributed by atoms with E-state index in [2.05, 4.69) is 0 Å². The zero-order valence-electron chi connectivity index (χ0n) is 9.53. The predicted octanol–water partition coefficient (Wildman–Crippen LogP) is 0.0180. The van der Waals surface area contributed by atoms with E-state index < -0.39 is 5.54 Å². The first-order valence-corrected chi connectivity index (χ1v) is 5.25. The molecule has 0 spiro atoms. The van der Waals surface area contributed by atoms with Crippen LogP contribution >= 0.6 is 0 Å². The minimum Gasteiger partial charge on any atom is -0.634 e. The van der Waals surface area contributed by atoms with Gasteiger partial charge in [0, 0.05) is 0 Å². The first-order valence-electron chi connectivity index (χ1n) is 5.25. The largest absolute Gasteiger partial charge is 0.634 e. The van der Waals surface area contributed by atoms with Gasteiger partial charge in [-0.3, -0.25) is 0 Å². The summed E-state index contributed by atoms with van der Waals surface area (Å²) >= 11 is 0. The molecule has 2 heterocycles. The molecule has 2 N–H and O–H groups in total. The number of hydrogen-bond donors (Lipinski definition) is 2. The molecule has 2 rings (SSSR count). The highest BCUT2D eigenvalue weighted by Crippen LogP contribution is 2.47. The van der Waals surface area contributed by atoms with Crippen molar-refractivity contribution in [3.05, 3.63) is 5.21 Å². The number of nitrogens with one attached hydrogen (secondary N) is 1. The maximum absolute atomic E-state index is 11.8. The molecule has 0 aromatic carbocycles. The third kappa shape index (κ3) is 0.877. The number of nitrogens with zero attached hydrogens (tertiary/aromatic N) is 1. The summed E-state index contributed by atoms with van der Waals surface area (Å²) in [5.41, 5.74) is -0.681. The SMILES string of the molecule is CC1C2C([NH+]1[O-])C(C)(C)N(O)C2(C)C. The Kier molecular flexibility index (Phi) is 1.85. The van der Waals surface area contributed by atoms with Gasteiger partial charge in [0.1, 0.15) is 6.04 Å². The summed E-state index contributed by atoms with van der Waals surface area (Å²) in [6.07, 6.45) is 0. The van der Waals surface area contributed by atoms with Gasteiger partial charge in [0.25, 0.3) is 0 Å². The molecular weight excluding hydrogens is 180 g/mol. The van der Waals surface area contributed by atoms with Crippen molar-refractivity contribution in [1.29, 1.82) is 0 Å². The van der Waals surface area contributed by atoms with Crippen molar-refractivity contribution in [2.75, 3.05) is 0 Å². The van der Waals surface area contributed by atoms with E-state index >= 15 is 0 Å². The highest BCUT2D eigenvalue weighted by molar-refractivity contribution is 5.13. The highest BCUT2D eigenvalue weighted by atomic mass is 16.5. The number of quaternary nitrogens is 1. The third-order valence-electron chi connectivity index (χ3n) is 4.32. The Labute approximate surface area is 85.0 Å². The van der Waals surface area contributed by atoms with E-state index in [1.807, 2.05) is 34.6 Å². The Morgan fingerprint density at radius 1 is 1.21 bits per heavy atom. The molecule has 0 amide bonds. The second-order valence-electron chi connectivity index (χ2n) is 5.81. The fourth-order valence-corrected chi connectivity index (χ4v) is 3.63. The zero-order chi connectivity index (χ0) is 10.9. The van der Waals surface area contributed by atoms with Gasteiger partial charge >= 0.3 is 0 Å². The van der Waals surface area contributed by atoms with E-state index in [-0.39, 0.29) is 17.6 Å². The average Bonchev–Trinajstić information content (AvgIpc) is 2.21. The maximum atomic E-state index is 11.8. The van der Waals surface area contributed by atoms with Gasteiger partial charge in [0.15, 0.2) is 0 Å². The fraction of sp³-hybridized carbons (Fsp3) is 1.00. The van der Waals surface area contributed by atoms with Gasteiger partial charge in [-0.15, -0.1) is 0 Å². The van der Waals surface area contributed by atoms with E-state index in [1.54, 1.807) is 0 Å². The van der Waals surface area contributed by atoms with E-state index in [4.69, 9.17) is 0 Å². The lowest BCUT2D eigenvalue weighted by molar-refractivity contribution is -0.962. The molecule has 2 saturated heterocycles. The molecule has 0 bridgehead atoms. The molecule has 0 aliphatic carbocycles. The minimum absolute atomic E-state index is 0.0116. The molecule has 0 aromatic rings. The molecule has 2 aliphatic rings. The van der Waals surface area contributed by atoms with Crippen molar-refractivity contribution < 1.29 is 10.3 Å². The molecule has 4 atom stereocenters. The third-order valence-corrected chi connectivity index (χ3v) is 4.32. The van der Waals surface area contributed by atoms with Crippen LogP contribution in [0.4, 0.5) is 0 Å². The van der Waals surface area contributed by atoms with Crippen LogP contribution in [0.15, 0.2) is 0 Å². The maximum Gasteiger partial charge on any atom is 0.118 e. The molecule has 0 radical (unpaired) electrons. The quantitative estimate of drug-likeness (QED) is 0.542. The van der Waals surface area contributed by atoms with E-state index in [0.717, 1.165) is 0 Å². The molecule has 82 valence electrons. The molecule has 0 aromatic heterocycles. The van der Waals surface area contributed by atoms with Crippen molar-refractivity contribution in [2.45, 2.75) is 57.8 Å². The van der Waals surface area contributed by atoms with E-state index in [1.165, 1.54) is 5.06 Å². The van der Waals surface area contributed by atoms with E-state index in [0.29, 0.717) is 11.0 Å². The van der Waals surface area contributed by atoms with Crippen LogP contribution in [-0.2, 0) is 0 Å². The van der Waals surface area contributed by atoms with Crippen LogP contribution in [0.1, 0.15) is 34.6 Å². The molecule has 2 aliphatic heterocycles.